The summed E-state index contributed by atoms with van der Waals surface area (Å²) in [6.45, 7) is 6.14. The molecule has 0 aliphatic carbocycles. The van der Waals surface area contributed by atoms with E-state index >= 15 is 0 Å². The first-order valence-electron chi connectivity index (χ1n) is 8.44. The fraction of sp³-hybridized carbons (Fsp3) is 0.750. The molecule has 1 aromatic heterocycles. The van der Waals surface area contributed by atoms with Gasteiger partial charge < -0.3 is 15.0 Å². The minimum atomic E-state index is -0.212. The van der Waals surface area contributed by atoms with E-state index in [0.717, 1.165) is 12.8 Å². The predicted octanol–water partition coefficient (Wildman–Crippen LogP) is 0.209. The van der Waals surface area contributed by atoms with Gasteiger partial charge in [-0.1, -0.05) is 0 Å². The molecule has 0 bridgehead atoms. The quantitative estimate of drug-likeness (QED) is 0.853. The topological polar surface area (TPSA) is 89.4 Å². The summed E-state index contributed by atoms with van der Waals surface area (Å²) in [6, 6.07) is 0.0802. The summed E-state index contributed by atoms with van der Waals surface area (Å²) < 4.78 is 7.00. The first-order valence-corrected chi connectivity index (χ1v) is 8.44. The lowest BCUT2D eigenvalue weighted by Crippen LogP contribution is -2.46. The van der Waals surface area contributed by atoms with Gasteiger partial charge >= 0.3 is 0 Å². The third-order valence-electron chi connectivity index (χ3n) is 4.96. The number of nitrogens with zero attached hydrogens (tertiary/aromatic N) is 4. The van der Waals surface area contributed by atoms with Crippen molar-refractivity contribution in [3.8, 4) is 0 Å². The summed E-state index contributed by atoms with van der Waals surface area (Å²) in [6.07, 6.45) is 3.10. The molecule has 2 fully saturated rings. The van der Waals surface area contributed by atoms with E-state index < -0.39 is 0 Å². The lowest BCUT2D eigenvalue weighted by Gasteiger charge is -2.37. The Balaban J connectivity index is 1.81. The molecule has 1 unspecified atom stereocenters. The maximum absolute atomic E-state index is 12.7. The van der Waals surface area contributed by atoms with Gasteiger partial charge in [0.1, 0.15) is 6.33 Å². The second kappa shape index (κ2) is 6.51. The summed E-state index contributed by atoms with van der Waals surface area (Å²) >= 11 is 0. The number of rotatable bonds is 3. The Bertz CT molecular complexity index is 621. The second-order valence-corrected chi connectivity index (χ2v) is 7.12. The van der Waals surface area contributed by atoms with Crippen LogP contribution in [-0.4, -0.2) is 63.8 Å². The molecule has 0 saturated carbocycles. The van der Waals surface area contributed by atoms with Crippen LogP contribution in [0.2, 0.25) is 0 Å². The van der Waals surface area contributed by atoms with E-state index in [1.807, 2.05) is 13.8 Å². The molecule has 1 atom stereocenters. The SMILES string of the molecule is CC(C)NC(=O)C1CN(C(=O)c2ncn(C)n2)CC12CCOCC2. The number of aryl methyl sites for hydroxylation is 1. The fourth-order valence-electron chi connectivity index (χ4n) is 3.73. The normalized spacial score (nSPS) is 23.0. The van der Waals surface area contributed by atoms with Crippen molar-refractivity contribution in [2.24, 2.45) is 18.4 Å². The lowest BCUT2D eigenvalue weighted by atomic mass is 9.71. The molecule has 2 saturated heterocycles. The highest BCUT2D eigenvalue weighted by Gasteiger charge is 2.52. The second-order valence-electron chi connectivity index (χ2n) is 7.12. The van der Waals surface area contributed by atoms with Gasteiger partial charge in [-0.2, -0.15) is 0 Å². The van der Waals surface area contributed by atoms with E-state index in [1.165, 1.54) is 11.0 Å². The summed E-state index contributed by atoms with van der Waals surface area (Å²) in [5.74, 6) is -0.210. The van der Waals surface area contributed by atoms with E-state index in [0.29, 0.717) is 26.3 Å². The van der Waals surface area contributed by atoms with Crippen LogP contribution in [0.15, 0.2) is 6.33 Å². The van der Waals surface area contributed by atoms with Gasteiger partial charge in [-0.15, -0.1) is 5.10 Å². The molecule has 0 radical (unpaired) electrons. The molecule has 2 aliphatic heterocycles. The van der Waals surface area contributed by atoms with Crippen LogP contribution in [0, 0.1) is 11.3 Å². The van der Waals surface area contributed by atoms with Crippen molar-refractivity contribution in [3.05, 3.63) is 12.2 Å². The molecular weight excluding hydrogens is 310 g/mol. The average Bonchev–Trinajstić information content (AvgIpc) is 3.11. The summed E-state index contributed by atoms with van der Waals surface area (Å²) in [7, 11) is 1.73. The molecule has 1 aromatic rings. The fourth-order valence-corrected chi connectivity index (χ4v) is 3.73. The molecule has 3 rings (SSSR count). The molecule has 2 amide bonds. The van der Waals surface area contributed by atoms with Gasteiger partial charge in [0.15, 0.2) is 0 Å². The molecule has 24 heavy (non-hydrogen) atoms. The smallest absolute Gasteiger partial charge is 0.293 e. The Morgan fingerprint density at radius 3 is 2.67 bits per heavy atom. The minimum Gasteiger partial charge on any atom is -0.381 e. The van der Waals surface area contributed by atoms with E-state index in [4.69, 9.17) is 4.74 Å². The number of hydrogen-bond acceptors (Lipinski definition) is 5. The average molecular weight is 335 g/mol. The van der Waals surface area contributed by atoms with E-state index in [9.17, 15) is 9.59 Å². The number of carbonyl (C=O) groups is 2. The number of nitrogens with one attached hydrogen (secondary N) is 1. The number of aromatic nitrogens is 3. The Morgan fingerprint density at radius 2 is 2.08 bits per heavy atom. The van der Waals surface area contributed by atoms with E-state index in [-0.39, 0.29) is 35.0 Å². The molecule has 8 nitrogen and oxygen atoms in total. The lowest BCUT2D eigenvalue weighted by molar-refractivity contribution is -0.130. The summed E-state index contributed by atoms with van der Waals surface area (Å²) in [5, 5.41) is 7.10. The minimum absolute atomic E-state index is 0.0242. The van der Waals surface area contributed by atoms with Crippen LogP contribution < -0.4 is 5.32 Å². The van der Waals surface area contributed by atoms with Gasteiger partial charge in [-0.25, -0.2) is 4.98 Å². The molecule has 1 N–H and O–H groups in total. The number of likely N-dealkylation sites (tertiary alicyclic amines) is 1. The van der Waals surface area contributed by atoms with Crippen molar-refractivity contribution in [1.82, 2.24) is 25.0 Å². The molecular formula is C16H25N5O3. The van der Waals surface area contributed by atoms with Crippen LogP contribution in [-0.2, 0) is 16.6 Å². The molecule has 1 spiro atoms. The Morgan fingerprint density at radius 1 is 1.38 bits per heavy atom. The summed E-state index contributed by atoms with van der Waals surface area (Å²) in [4.78, 5) is 31.2. The van der Waals surface area contributed by atoms with Gasteiger partial charge in [-0.05, 0) is 26.7 Å². The van der Waals surface area contributed by atoms with Crippen molar-refractivity contribution in [2.45, 2.75) is 32.7 Å². The zero-order valence-electron chi connectivity index (χ0n) is 14.5. The van der Waals surface area contributed by atoms with Crippen LogP contribution in [0.3, 0.4) is 0 Å². The van der Waals surface area contributed by atoms with E-state index in [1.54, 1.807) is 11.9 Å². The van der Waals surface area contributed by atoms with E-state index in [2.05, 4.69) is 15.4 Å². The number of hydrogen-bond donors (Lipinski definition) is 1. The van der Waals surface area contributed by atoms with Crippen molar-refractivity contribution < 1.29 is 14.3 Å². The third-order valence-corrected chi connectivity index (χ3v) is 4.96. The zero-order valence-corrected chi connectivity index (χ0v) is 14.5. The Labute approximate surface area is 141 Å². The first kappa shape index (κ1) is 16.9. The number of amides is 2. The van der Waals surface area contributed by atoms with Gasteiger partial charge in [0.25, 0.3) is 5.91 Å². The van der Waals surface area contributed by atoms with Crippen LogP contribution in [0.1, 0.15) is 37.3 Å². The zero-order chi connectivity index (χ0) is 17.3. The van der Waals surface area contributed by atoms with Crippen LogP contribution in [0.25, 0.3) is 0 Å². The van der Waals surface area contributed by atoms with Crippen molar-refractivity contribution in [2.75, 3.05) is 26.3 Å². The summed E-state index contributed by atoms with van der Waals surface area (Å²) in [5.41, 5.74) is -0.207. The first-order chi connectivity index (χ1) is 11.4. The molecule has 132 valence electrons. The third kappa shape index (κ3) is 3.15. The molecule has 8 heteroatoms. The van der Waals surface area contributed by atoms with Crippen LogP contribution in [0.4, 0.5) is 0 Å². The molecule has 3 heterocycles. The highest BCUT2D eigenvalue weighted by Crippen LogP contribution is 2.44. The Kier molecular flexibility index (Phi) is 4.58. The largest absolute Gasteiger partial charge is 0.381 e. The highest BCUT2D eigenvalue weighted by molar-refractivity contribution is 5.91. The van der Waals surface area contributed by atoms with Crippen molar-refractivity contribution in [3.63, 3.8) is 0 Å². The van der Waals surface area contributed by atoms with Gasteiger partial charge in [0, 0.05) is 44.8 Å². The van der Waals surface area contributed by atoms with Crippen LogP contribution in [0.5, 0.6) is 0 Å². The van der Waals surface area contributed by atoms with Gasteiger partial charge in [-0.3, -0.25) is 14.3 Å². The van der Waals surface area contributed by atoms with Gasteiger partial charge in [0.2, 0.25) is 11.7 Å². The Hall–Kier alpha value is -1.96. The standard InChI is InChI=1S/C16H25N5O3/c1-11(2)18-14(22)12-8-21(9-16(12)4-6-24-7-5-16)15(23)13-17-10-20(3)19-13/h10-12H,4-9H2,1-3H3,(H,18,22). The van der Waals surface area contributed by atoms with Crippen molar-refractivity contribution in [1.29, 1.82) is 0 Å². The van der Waals surface area contributed by atoms with Gasteiger partial charge in [0.05, 0.1) is 5.92 Å². The van der Waals surface area contributed by atoms with Crippen molar-refractivity contribution >= 4 is 11.8 Å². The molecule has 0 aromatic carbocycles. The van der Waals surface area contributed by atoms with Crippen LogP contribution >= 0.6 is 0 Å². The number of ether oxygens (including phenoxy) is 1. The highest BCUT2D eigenvalue weighted by atomic mass is 16.5. The maximum atomic E-state index is 12.7. The maximum Gasteiger partial charge on any atom is 0.293 e. The predicted molar refractivity (Wildman–Crippen MR) is 86.2 cm³/mol. The molecule has 2 aliphatic rings. The monoisotopic (exact) mass is 335 g/mol. The number of carbonyl (C=O) groups excluding carboxylic acids is 2.